The summed E-state index contributed by atoms with van der Waals surface area (Å²) in [5.41, 5.74) is 5.55. The fourth-order valence-corrected chi connectivity index (χ4v) is 3.58. The van der Waals surface area contributed by atoms with Gasteiger partial charge >= 0.3 is 11.9 Å². The largest absolute Gasteiger partial charge is 0.481 e. The maximum Gasteiger partial charge on any atom is 0.320 e. The van der Waals surface area contributed by atoms with E-state index in [0.717, 1.165) is 10.6 Å². The van der Waals surface area contributed by atoms with E-state index in [1.807, 2.05) is 30.3 Å². The first-order valence-corrected chi connectivity index (χ1v) is 7.40. The Morgan fingerprint density at radius 3 is 2.45 bits per heavy atom. The van der Waals surface area contributed by atoms with Crippen LogP contribution in [-0.4, -0.2) is 33.9 Å². The van der Waals surface area contributed by atoms with Crippen molar-refractivity contribution in [1.82, 2.24) is 0 Å². The Bertz CT molecular complexity index is 493. The molecule has 2 rings (SSSR count). The van der Waals surface area contributed by atoms with Gasteiger partial charge in [0, 0.05) is 10.8 Å². The molecule has 1 saturated carbocycles. The molecule has 5 nitrogen and oxygen atoms in total. The van der Waals surface area contributed by atoms with Gasteiger partial charge in [-0.25, -0.2) is 0 Å². The van der Waals surface area contributed by atoms with Crippen LogP contribution in [0.5, 0.6) is 0 Å². The highest BCUT2D eigenvalue weighted by Crippen LogP contribution is 2.51. The van der Waals surface area contributed by atoms with Crippen molar-refractivity contribution in [1.29, 1.82) is 0 Å². The van der Waals surface area contributed by atoms with Crippen molar-refractivity contribution in [3.05, 3.63) is 30.3 Å². The second kappa shape index (κ2) is 6.28. The molecule has 0 amide bonds. The van der Waals surface area contributed by atoms with Crippen LogP contribution in [0, 0.1) is 17.8 Å². The molecule has 1 aliphatic carbocycles. The molecule has 0 bridgehead atoms. The van der Waals surface area contributed by atoms with E-state index in [2.05, 4.69) is 0 Å². The van der Waals surface area contributed by atoms with Crippen molar-refractivity contribution in [3.63, 3.8) is 0 Å². The van der Waals surface area contributed by atoms with E-state index in [1.54, 1.807) is 11.8 Å². The van der Waals surface area contributed by atoms with Gasteiger partial charge in [-0.15, -0.1) is 11.8 Å². The third-order valence-electron chi connectivity index (χ3n) is 3.68. The van der Waals surface area contributed by atoms with Crippen LogP contribution in [0.2, 0.25) is 0 Å². The zero-order valence-electron chi connectivity index (χ0n) is 10.8. The highest BCUT2D eigenvalue weighted by molar-refractivity contribution is 7.99. The molecule has 6 heteroatoms. The van der Waals surface area contributed by atoms with Crippen LogP contribution in [0.1, 0.15) is 6.42 Å². The van der Waals surface area contributed by atoms with E-state index in [0.29, 0.717) is 6.42 Å². The first-order chi connectivity index (χ1) is 9.52. The number of hydrogen-bond donors (Lipinski definition) is 3. The Labute approximate surface area is 121 Å². The van der Waals surface area contributed by atoms with Crippen molar-refractivity contribution in [2.24, 2.45) is 23.5 Å². The van der Waals surface area contributed by atoms with Gasteiger partial charge in [-0.3, -0.25) is 9.59 Å². The minimum atomic E-state index is -1.13. The molecule has 1 fully saturated rings. The zero-order chi connectivity index (χ0) is 14.7. The number of nitrogens with two attached hydrogens (primary N) is 1. The predicted octanol–water partition coefficient (Wildman–Crippen LogP) is 1.53. The summed E-state index contributed by atoms with van der Waals surface area (Å²) in [4.78, 5) is 23.1. The second-order valence-corrected chi connectivity index (χ2v) is 6.09. The molecule has 20 heavy (non-hydrogen) atoms. The summed E-state index contributed by atoms with van der Waals surface area (Å²) >= 11 is 1.64. The Kier molecular flexibility index (Phi) is 4.67. The van der Waals surface area contributed by atoms with E-state index >= 15 is 0 Å². The highest BCUT2D eigenvalue weighted by atomic mass is 32.2. The summed E-state index contributed by atoms with van der Waals surface area (Å²) in [6, 6.07) is 8.74. The lowest BCUT2D eigenvalue weighted by Crippen LogP contribution is -2.34. The normalized spacial score (nSPS) is 25.9. The summed E-state index contributed by atoms with van der Waals surface area (Å²) in [5, 5.41) is 18.0. The lowest BCUT2D eigenvalue weighted by molar-refractivity contribution is -0.140. The quantitative estimate of drug-likeness (QED) is 0.659. The molecule has 0 aromatic heterocycles. The third-order valence-corrected chi connectivity index (χ3v) is 4.72. The van der Waals surface area contributed by atoms with Crippen LogP contribution in [0.15, 0.2) is 35.2 Å². The summed E-state index contributed by atoms with van der Waals surface area (Å²) in [6.45, 7) is 0. The molecule has 0 radical (unpaired) electrons. The van der Waals surface area contributed by atoms with Crippen LogP contribution in [-0.2, 0) is 9.59 Å². The van der Waals surface area contributed by atoms with Crippen LogP contribution < -0.4 is 5.73 Å². The second-order valence-electron chi connectivity index (χ2n) is 4.92. The third kappa shape index (κ3) is 3.32. The predicted molar refractivity (Wildman–Crippen MR) is 75.5 cm³/mol. The maximum absolute atomic E-state index is 11.1. The van der Waals surface area contributed by atoms with Gasteiger partial charge in [-0.2, -0.15) is 0 Å². The molecular weight excluding hydrogens is 278 g/mol. The van der Waals surface area contributed by atoms with Crippen molar-refractivity contribution >= 4 is 23.7 Å². The number of benzene rings is 1. The Hall–Kier alpha value is -1.53. The number of rotatable bonds is 7. The number of aliphatic carboxylic acids is 2. The molecule has 108 valence electrons. The Morgan fingerprint density at radius 2 is 1.90 bits per heavy atom. The molecule has 4 unspecified atom stereocenters. The van der Waals surface area contributed by atoms with E-state index in [9.17, 15) is 9.59 Å². The first kappa shape index (κ1) is 14.9. The molecule has 0 saturated heterocycles. The molecular formula is C14H17NO4S. The van der Waals surface area contributed by atoms with Gasteiger partial charge in [0.25, 0.3) is 0 Å². The molecule has 0 aliphatic heterocycles. The zero-order valence-corrected chi connectivity index (χ0v) is 11.6. The van der Waals surface area contributed by atoms with Gasteiger partial charge in [0.1, 0.15) is 6.04 Å². The average Bonchev–Trinajstić information content (AvgIpc) is 3.13. The van der Waals surface area contributed by atoms with Crippen LogP contribution >= 0.6 is 11.8 Å². The lowest BCUT2D eigenvalue weighted by Gasteiger charge is -2.05. The molecule has 0 spiro atoms. The Balaban J connectivity index is 1.86. The summed E-state index contributed by atoms with van der Waals surface area (Å²) in [5.74, 6) is -2.49. The van der Waals surface area contributed by atoms with Gasteiger partial charge in [-0.1, -0.05) is 18.2 Å². The molecule has 1 aromatic rings. The molecule has 0 heterocycles. The van der Waals surface area contributed by atoms with E-state index in [1.165, 1.54) is 0 Å². The van der Waals surface area contributed by atoms with E-state index in [4.69, 9.17) is 15.9 Å². The topological polar surface area (TPSA) is 101 Å². The summed E-state index contributed by atoms with van der Waals surface area (Å²) in [7, 11) is 0. The number of carboxylic acid groups (broad SMARTS) is 2. The minimum Gasteiger partial charge on any atom is -0.481 e. The fraction of sp³-hybridized carbons (Fsp3) is 0.429. The van der Waals surface area contributed by atoms with Gasteiger partial charge < -0.3 is 15.9 Å². The lowest BCUT2D eigenvalue weighted by atomic mass is 10.1. The van der Waals surface area contributed by atoms with Crippen LogP contribution in [0.4, 0.5) is 0 Å². The molecule has 1 aliphatic rings. The molecule has 1 aromatic carbocycles. The van der Waals surface area contributed by atoms with Crippen LogP contribution in [0.25, 0.3) is 0 Å². The van der Waals surface area contributed by atoms with Crippen LogP contribution in [0.3, 0.4) is 0 Å². The fourth-order valence-electron chi connectivity index (χ4n) is 2.60. The van der Waals surface area contributed by atoms with Crippen molar-refractivity contribution in [3.8, 4) is 0 Å². The number of carboxylic acids is 2. The van der Waals surface area contributed by atoms with Crippen molar-refractivity contribution in [2.45, 2.75) is 17.4 Å². The van der Waals surface area contributed by atoms with Gasteiger partial charge in [0.15, 0.2) is 0 Å². The number of hydrogen-bond acceptors (Lipinski definition) is 4. The minimum absolute atomic E-state index is 0.130. The standard InChI is InChI=1S/C14H17NO4S/c15-12(14(18)19)10-9(11(10)13(16)17)6-7-20-8-4-2-1-3-5-8/h1-5,9-12H,6-7,15H2,(H,16,17)(H,18,19). The first-order valence-electron chi connectivity index (χ1n) is 6.41. The summed E-state index contributed by atoms with van der Waals surface area (Å²) < 4.78 is 0. The average molecular weight is 295 g/mol. The number of thioether (sulfide) groups is 1. The molecule has 4 N–H and O–H groups in total. The van der Waals surface area contributed by atoms with Crippen molar-refractivity contribution < 1.29 is 19.8 Å². The van der Waals surface area contributed by atoms with Gasteiger partial charge in [-0.05, 0) is 30.2 Å². The van der Waals surface area contributed by atoms with E-state index in [-0.39, 0.29) is 5.92 Å². The SMILES string of the molecule is NC(C(=O)O)C1C(CCSc2ccccc2)C1C(=O)O. The Morgan fingerprint density at radius 1 is 1.25 bits per heavy atom. The summed E-state index contributed by atoms with van der Waals surface area (Å²) in [6.07, 6.45) is 0.669. The van der Waals surface area contributed by atoms with E-state index < -0.39 is 29.8 Å². The maximum atomic E-state index is 11.1. The monoisotopic (exact) mass is 295 g/mol. The van der Waals surface area contributed by atoms with Gasteiger partial charge in [0.05, 0.1) is 5.92 Å². The molecule has 4 atom stereocenters. The van der Waals surface area contributed by atoms with Crippen molar-refractivity contribution in [2.75, 3.05) is 5.75 Å². The smallest absolute Gasteiger partial charge is 0.320 e. The highest BCUT2D eigenvalue weighted by Gasteiger charge is 2.58. The van der Waals surface area contributed by atoms with Gasteiger partial charge in [0.2, 0.25) is 0 Å². The number of carbonyl (C=O) groups is 2.